The van der Waals surface area contributed by atoms with Crippen molar-refractivity contribution >= 4 is 34.1 Å². The Morgan fingerprint density at radius 2 is 1.90 bits per heavy atom. The lowest BCUT2D eigenvalue weighted by Gasteiger charge is -2.26. The van der Waals surface area contributed by atoms with Crippen LogP contribution in [0.4, 0.5) is 5.13 Å². The summed E-state index contributed by atoms with van der Waals surface area (Å²) in [5, 5.41) is 3.35. The largest absolute Gasteiger partial charge is 0.337 e. The number of carbonyl (C=O) groups is 3. The predicted octanol–water partition coefficient (Wildman–Crippen LogP) is 3.98. The Morgan fingerprint density at radius 1 is 1.17 bits per heavy atom. The molecule has 1 aromatic carbocycles. The first kappa shape index (κ1) is 21.2. The van der Waals surface area contributed by atoms with Crippen LogP contribution in [0.25, 0.3) is 0 Å². The molecule has 154 valence electrons. The van der Waals surface area contributed by atoms with Crippen molar-refractivity contribution in [1.29, 1.82) is 0 Å². The third-order valence-electron chi connectivity index (χ3n) is 4.87. The molecule has 6 nitrogen and oxygen atoms in total. The number of rotatable bonds is 7. The van der Waals surface area contributed by atoms with Crippen LogP contribution in [0.1, 0.15) is 59.6 Å². The summed E-state index contributed by atoms with van der Waals surface area (Å²) in [6, 6.07) is 7.36. The molecule has 0 aliphatic carbocycles. The number of nitrogens with one attached hydrogen (secondary N) is 1. The van der Waals surface area contributed by atoms with Crippen LogP contribution < -0.4 is 5.32 Å². The Labute approximate surface area is 175 Å². The molecular formula is C22H27N3O3S. The molecule has 0 spiro atoms. The molecule has 0 bridgehead atoms. The van der Waals surface area contributed by atoms with Gasteiger partial charge < -0.3 is 10.2 Å². The average molecular weight is 414 g/mol. The van der Waals surface area contributed by atoms with Gasteiger partial charge in [-0.2, -0.15) is 0 Å². The summed E-state index contributed by atoms with van der Waals surface area (Å²) in [4.78, 5) is 44.2. The SMILES string of the molecule is Cc1ccc(C(=O)CCC(=O)Nc2nc3c(s2)CN(C(=O)CC(C)C)CC3)cc1. The first-order valence-corrected chi connectivity index (χ1v) is 10.8. The Balaban J connectivity index is 1.52. The van der Waals surface area contributed by atoms with Gasteiger partial charge in [0, 0.05) is 42.7 Å². The number of benzene rings is 1. The smallest absolute Gasteiger partial charge is 0.226 e. The van der Waals surface area contributed by atoms with Crippen LogP contribution in [-0.2, 0) is 22.6 Å². The molecule has 29 heavy (non-hydrogen) atoms. The fourth-order valence-electron chi connectivity index (χ4n) is 3.23. The number of hydrogen-bond donors (Lipinski definition) is 1. The normalized spacial score (nSPS) is 13.3. The number of fused-ring (bicyclic) bond motifs is 1. The van der Waals surface area contributed by atoms with Gasteiger partial charge in [-0.1, -0.05) is 55.0 Å². The second kappa shape index (κ2) is 9.31. The van der Waals surface area contributed by atoms with Crippen molar-refractivity contribution in [2.45, 2.75) is 53.0 Å². The number of amides is 2. The highest BCUT2D eigenvalue weighted by atomic mass is 32.1. The van der Waals surface area contributed by atoms with Gasteiger partial charge in [0.25, 0.3) is 0 Å². The molecule has 2 amide bonds. The molecule has 0 saturated carbocycles. The average Bonchev–Trinajstić information content (AvgIpc) is 3.07. The van der Waals surface area contributed by atoms with Crippen molar-refractivity contribution in [3.05, 3.63) is 46.0 Å². The van der Waals surface area contributed by atoms with E-state index in [2.05, 4.69) is 10.3 Å². The fraction of sp³-hybridized carbons (Fsp3) is 0.455. The summed E-state index contributed by atoms with van der Waals surface area (Å²) in [6.07, 6.45) is 1.54. The van der Waals surface area contributed by atoms with Gasteiger partial charge >= 0.3 is 0 Å². The van der Waals surface area contributed by atoms with Gasteiger partial charge in [-0.15, -0.1) is 0 Å². The second-order valence-corrected chi connectivity index (χ2v) is 8.97. The van der Waals surface area contributed by atoms with Gasteiger partial charge in [0.15, 0.2) is 10.9 Å². The number of nitrogens with zero attached hydrogens (tertiary/aromatic N) is 2. The van der Waals surface area contributed by atoms with Gasteiger partial charge in [0.1, 0.15) is 0 Å². The first-order valence-electron chi connectivity index (χ1n) is 9.98. The number of hydrogen-bond acceptors (Lipinski definition) is 5. The zero-order valence-electron chi connectivity index (χ0n) is 17.2. The lowest BCUT2D eigenvalue weighted by Crippen LogP contribution is -2.36. The van der Waals surface area contributed by atoms with Crippen LogP contribution in [0, 0.1) is 12.8 Å². The molecule has 0 saturated heterocycles. The van der Waals surface area contributed by atoms with Gasteiger partial charge in [-0.3, -0.25) is 14.4 Å². The molecule has 1 aliphatic rings. The third-order valence-corrected chi connectivity index (χ3v) is 5.86. The van der Waals surface area contributed by atoms with Crippen LogP contribution in [0.15, 0.2) is 24.3 Å². The number of anilines is 1. The fourth-order valence-corrected chi connectivity index (χ4v) is 4.27. The van der Waals surface area contributed by atoms with Crippen molar-refractivity contribution in [3.63, 3.8) is 0 Å². The van der Waals surface area contributed by atoms with Crippen LogP contribution in [0.2, 0.25) is 0 Å². The molecule has 1 N–H and O–H groups in total. The van der Waals surface area contributed by atoms with Crippen LogP contribution in [0.3, 0.4) is 0 Å². The zero-order chi connectivity index (χ0) is 21.0. The molecule has 0 fully saturated rings. The zero-order valence-corrected chi connectivity index (χ0v) is 18.0. The van der Waals surface area contributed by atoms with Gasteiger partial charge in [-0.05, 0) is 12.8 Å². The van der Waals surface area contributed by atoms with Crippen LogP contribution in [0.5, 0.6) is 0 Å². The minimum Gasteiger partial charge on any atom is -0.337 e. The molecular weight excluding hydrogens is 386 g/mol. The maximum atomic E-state index is 12.3. The highest BCUT2D eigenvalue weighted by molar-refractivity contribution is 7.15. The Kier molecular flexibility index (Phi) is 6.79. The maximum absolute atomic E-state index is 12.3. The van der Waals surface area contributed by atoms with Gasteiger partial charge in [-0.25, -0.2) is 4.98 Å². The quantitative estimate of drug-likeness (QED) is 0.696. The first-order chi connectivity index (χ1) is 13.8. The van der Waals surface area contributed by atoms with E-state index in [4.69, 9.17) is 0 Å². The molecule has 1 aromatic heterocycles. The van der Waals surface area contributed by atoms with Gasteiger partial charge in [0.05, 0.1) is 12.2 Å². The predicted molar refractivity (Wildman–Crippen MR) is 114 cm³/mol. The number of Topliss-reactive ketones (excluding diaryl/α,β-unsaturated/α-hetero) is 1. The monoisotopic (exact) mass is 413 g/mol. The van der Waals surface area contributed by atoms with E-state index in [1.807, 2.05) is 37.8 Å². The minimum atomic E-state index is -0.218. The summed E-state index contributed by atoms with van der Waals surface area (Å²) in [5.41, 5.74) is 2.67. The molecule has 7 heteroatoms. The molecule has 1 aliphatic heterocycles. The minimum absolute atomic E-state index is 0.0436. The van der Waals surface area contributed by atoms with Crippen molar-refractivity contribution in [2.24, 2.45) is 5.92 Å². The third kappa shape index (κ3) is 5.73. The molecule has 2 aromatic rings. The summed E-state index contributed by atoms with van der Waals surface area (Å²) in [7, 11) is 0. The van der Waals surface area contributed by atoms with Gasteiger partial charge in [0.2, 0.25) is 11.8 Å². The Morgan fingerprint density at radius 3 is 2.59 bits per heavy atom. The lowest BCUT2D eigenvalue weighted by molar-refractivity contribution is -0.132. The highest BCUT2D eigenvalue weighted by Crippen LogP contribution is 2.29. The lowest BCUT2D eigenvalue weighted by atomic mass is 10.1. The Hall–Kier alpha value is -2.54. The number of aryl methyl sites for hydroxylation is 1. The number of aromatic nitrogens is 1. The summed E-state index contributed by atoms with van der Waals surface area (Å²) in [5.74, 6) is 0.240. The maximum Gasteiger partial charge on any atom is 0.226 e. The van der Waals surface area contributed by atoms with Crippen LogP contribution >= 0.6 is 11.3 Å². The second-order valence-electron chi connectivity index (χ2n) is 7.89. The van der Waals surface area contributed by atoms with E-state index < -0.39 is 0 Å². The van der Waals surface area contributed by atoms with Crippen molar-refractivity contribution < 1.29 is 14.4 Å². The summed E-state index contributed by atoms with van der Waals surface area (Å²) in [6.45, 7) is 7.27. The molecule has 0 atom stereocenters. The number of carbonyl (C=O) groups excluding carboxylic acids is 3. The van der Waals surface area contributed by atoms with Crippen LogP contribution in [-0.4, -0.2) is 34.0 Å². The summed E-state index contributed by atoms with van der Waals surface area (Å²) >= 11 is 1.41. The highest BCUT2D eigenvalue weighted by Gasteiger charge is 2.24. The van der Waals surface area contributed by atoms with E-state index in [9.17, 15) is 14.4 Å². The Bertz CT molecular complexity index is 903. The van der Waals surface area contributed by atoms with E-state index in [-0.39, 0.29) is 30.4 Å². The van der Waals surface area contributed by atoms with E-state index in [1.54, 1.807) is 12.1 Å². The van der Waals surface area contributed by atoms with E-state index in [0.29, 0.717) is 42.5 Å². The topological polar surface area (TPSA) is 79.4 Å². The van der Waals surface area contributed by atoms with Crippen molar-refractivity contribution in [2.75, 3.05) is 11.9 Å². The van der Waals surface area contributed by atoms with Crippen molar-refractivity contribution in [1.82, 2.24) is 9.88 Å². The summed E-state index contributed by atoms with van der Waals surface area (Å²) < 4.78 is 0. The van der Waals surface area contributed by atoms with Crippen molar-refractivity contribution in [3.8, 4) is 0 Å². The number of ketones is 1. The number of thiazole rings is 1. The van der Waals surface area contributed by atoms with E-state index in [1.165, 1.54) is 11.3 Å². The van der Waals surface area contributed by atoms with E-state index in [0.717, 1.165) is 16.1 Å². The molecule has 3 rings (SSSR count). The standard InChI is InChI=1S/C22H27N3O3S/c1-14(2)12-21(28)25-11-10-17-19(13-25)29-22(23-17)24-20(27)9-8-18(26)16-6-4-15(3)5-7-16/h4-7,14H,8-13H2,1-3H3,(H,23,24,27). The van der Waals surface area contributed by atoms with E-state index >= 15 is 0 Å². The molecule has 0 unspecified atom stereocenters. The molecule has 0 radical (unpaired) electrons. The molecule has 2 heterocycles.